The van der Waals surface area contributed by atoms with Gasteiger partial charge in [-0.3, -0.25) is 14.3 Å². The average molecular weight is 426 g/mol. The second-order valence-corrected chi connectivity index (χ2v) is 9.15. The minimum absolute atomic E-state index is 0.0131. The van der Waals surface area contributed by atoms with E-state index in [0.717, 1.165) is 10.6 Å². The number of carbonyl (C=O) groups excluding carboxylic acids is 2. The van der Waals surface area contributed by atoms with E-state index in [-0.39, 0.29) is 11.8 Å². The van der Waals surface area contributed by atoms with Crippen molar-refractivity contribution in [3.8, 4) is 16.3 Å². The van der Waals surface area contributed by atoms with Crippen molar-refractivity contribution in [2.45, 2.75) is 20.8 Å². The highest BCUT2D eigenvalue weighted by Gasteiger charge is 2.32. The highest BCUT2D eigenvalue weighted by Crippen LogP contribution is 2.36. The Labute approximate surface area is 178 Å². The predicted octanol–water partition coefficient (Wildman–Crippen LogP) is 3.57. The van der Waals surface area contributed by atoms with Gasteiger partial charge in [-0.15, -0.1) is 11.3 Å². The Hall–Kier alpha value is -3.20. The molecule has 0 saturated heterocycles. The minimum atomic E-state index is -0.515. The van der Waals surface area contributed by atoms with Crippen LogP contribution in [0.25, 0.3) is 10.6 Å². The number of ether oxygens (including phenoxy) is 1. The number of fused-ring (bicyclic) bond motifs is 1. The van der Waals surface area contributed by atoms with E-state index in [1.165, 1.54) is 11.3 Å². The smallest absolute Gasteiger partial charge is 0.267 e. The van der Waals surface area contributed by atoms with Gasteiger partial charge in [-0.2, -0.15) is 5.10 Å². The van der Waals surface area contributed by atoms with E-state index >= 15 is 0 Å². The van der Waals surface area contributed by atoms with Crippen molar-refractivity contribution in [3.05, 3.63) is 41.7 Å². The van der Waals surface area contributed by atoms with E-state index in [9.17, 15) is 9.59 Å². The number of thiazole rings is 1. The van der Waals surface area contributed by atoms with Crippen LogP contribution in [-0.4, -0.2) is 39.7 Å². The SMILES string of the molecule is Cn1cc(-c2ncc(C(=O)Nc3ccc4c(c3)N(C(=O)C(C)(C)C)CCO4)s2)cn1. The van der Waals surface area contributed by atoms with Crippen LogP contribution in [0.3, 0.4) is 0 Å². The second kappa shape index (κ2) is 7.56. The maximum Gasteiger partial charge on any atom is 0.267 e. The van der Waals surface area contributed by atoms with Gasteiger partial charge in [-0.25, -0.2) is 4.98 Å². The molecule has 2 amide bonds. The highest BCUT2D eigenvalue weighted by molar-refractivity contribution is 7.17. The third-order valence-corrected chi connectivity index (χ3v) is 5.69. The Bertz CT molecular complexity index is 1110. The van der Waals surface area contributed by atoms with Gasteiger partial charge in [0.25, 0.3) is 5.91 Å². The van der Waals surface area contributed by atoms with E-state index in [0.29, 0.717) is 35.2 Å². The molecule has 30 heavy (non-hydrogen) atoms. The quantitative estimate of drug-likeness (QED) is 0.693. The number of anilines is 2. The summed E-state index contributed by atoms with van der Waals surface area (Å²) in [5.41, 5.74) is 1.61. The maximum atomic E-state index is 12.8. The average Bonchev–Trinajstić information content (AvgIpc) is 3.35. The first-order valence-corrected chi connectivity index (χ1v) is 10.4. The van der Waals surface area contributed by atoms with Gasteiger partial charge in [-0.1, -0.05) is 20.8 Å². The van der Waals surface area contributed by atoms with Crippen LogP contribution < -0.4 is 15.0 Å². The minimum Gasteiger partial charge on any atom is -0.490 e. The standard InChI is InChI=1S/C21H23N5O3S/c1-21(2,3)20(28)26-7-8-29-16-6-5-14(9-15(16)26)24-18(27)17-11-22-19(30-17)13-10-23-25(4)12-13/h5-6,9-12H,7-8H2,1-4H3,(H,24,27). The van der Waals surface area contributed by atoms with Crippen LogP contribution in [0.15, 0.2) is 36.8 Å². The zero-order valence-corrected chi connectivity index (χ0v) is 18.1. The molecule has 0 fully saturated rings. The largest absolute Gasteiger partial charge is 0.490 e. The molecular formula is C21H23N5O3S. The summed E-state index contributed by atoms with van der Waals surface area (Å²) in [6.45, 7) is 6.58. The molecule has 156 valence electrons. The zero-order chi connectivity index (χ0) is 21.5. The molecule has 1 aliphatic heterocycles. The van der Waals surface area contributed by atoms with E-state index in [1.807, 2.05) is 34.0 Å². The fraction of sp³-hybridized carbons (Fsp3) is 0.333. The van der Waals surface area contributed by atoms with Gasteiger partial charge in [0.2, 0.25) is 5.91 Å². The fourth-order valence-electron chi connectivity index (χ4n) is 3.15. The molecule has 8 nitrogen and oxygen atoms in total. The molecule has 3 aromatic rings. The first-order chi connectivity index (χ1) is 14.2. The van der Waals surface area contributed by atoms with Crippen molar-refractivity contribution in [1.82, 2.24) is 14.8 Å². The van der Waals surface area contributed by atoms with Crippen LogP contribution in [0.5, 0.6) is 5.75 Å². The first-order valence-electron chi connectivity index (χ1n) is 9.57. The molecule has 0 spiro atoms. The van der Waals surface area contributed by atoms with Crippen LogP contribution in [0.4, 0.5) is 11.4 Å². The van der Waals surface area contributed by atoms with E-state index < -0.39 is 5.41 Å². The van der Waals surface area contributed by atoms with Crippen molar-refractivity contribution in [2.24, 2.45) is 12.5 Å². The number of nitrogens with one attached hydrogen (secondary N) is 1. The monoisotopic (exact) mass is 425 g/mol. The first kappa shape index (κ1) is 20.1. The number of carbonyl (C=O) groups is 2. The molecule has 4 rings (SSSR count). The summed E-state index contributed by atoms with van der Waals surface area (Å²) < 4.78 is 7.38. The van der Waals surface area contributed by atoms with E-state index in [1.54, 1.807) is 40.2 Å². The van der Waals surface area contributed by atoms with Crippen molar-refractivity contribution in [3.63, 3.8) is 0 Å². The van der Waals surface area contributed by atoms with Crippen LogP contribution in [-0.2, 0) is 11.8 Å². The number of amides is 2. The number of rotatable bonds is 3. The van der Waals surface area contributed by atoms with Crippen LogP contribution >= 0.6 is 11.3 Å². The molecule has 3 heterocycles. The van der Waals surface area contributed by atoms with Crippen molar-refractivity contribution in [1.29, 1.82) is 0 Å². The molecule has 0 saturated carbocycles. The van der Waals surface area contributed by atoms with Gasteiger partial charge in [0.15, 0.2) is 0 Å². The van der Waals surface area contributed by atoms with Crippen molar-refractivity contribution < 1.29 is 14.3 Å². The van der Waals surface area contributed by atoms with E-state index in [2.05, 4.69) is 15.4 Å². The summed E-state index contributed by atoms with van der Waals surface area (Å²) in [6, 6.07) is 5.32. The Morgan fingerprint density at radius 1 is 1.23 bits per heavy atom. The molecule has 0 bridgehead atoms. The summed E-state index contributed by atoms with van der Waals surface area (Å²) in [5.74, 6) is 0.389. The summed E-state index contributed by atoms with van der Waals surface area (Å²) >= 11 is 1.30. The predicted molar refractivity (Wildman–Crippen MR) is 116 cm³/mol. The summed E-state index contributed by atoms with van der Waals surface area (Å²) in [7, 11) is 1.83. The fourth-order valence-corrected chi connectivity index (χ4v) is 3.93. The van der Waals surface area contributed by atoms with Crippen LogP contribution in [0, 0.1) is 5.41 Å². The van der Waals surface area contributed by atoms with E-state index in [4.69, 9.17) is 4.74 Å². The number of hydrogen-bond acceptors (Lipinski definition) is 6. The molecule has 9 heteroatoms. The number of aromatic nitrogens is 3. The molecule has 0 unspecified atom stereocenters. The maximum absolute atomic E-state index is 12.8. The molecule has 0 atom stereocenters. The third-order valence-electron chi connectivity index (χ3n) is 4.65. The van der Waals surface area contributed by atoms with Gasteiger partial charge < -0.3 is 15.0 Å². The number of hydrogen-bond donors (Lipinski definition) is 1. The van der Waals surface area contributed by atoms with Crippen LogP contribution in [0.1, 0.15) is 30.4 Å². The van der Waals surface area contributed by atoms with Crippen molar-refractivity contribution >= 4 is 34.5 Å². The van der Waals surface area contributed by atoms with Gasteiger partial charge in [0, 0.05) is 29.9 Å². The van der Waals surface area contributed by atoms with Gasteiger partial charge in [0.1, 0.15) is 22.2 Å². The zero-order valence-electron chi connectivity index (χ0n) is 17.3. The summed E-state index contributed by atoms with van der Waals surface area (Å²) in [6.07, 6.45) is 5.12. The summed E-state index contributed by atoms with van der Waals surface area (Å²) in [5, 5.41) is 7.76. The Kier molecular flexibility index (Phi) is 5.07. The molecule has 1 N–H and O–H groups in total. The summed E-state index contributed by atoms with van der Waals surface area (Å²) in [4.78, 5) is 32.1. The van der Waals surface area contributed by atoms with Gasteiger partial charge >= 0.3 is 0 Å². The lowest BCUT2D eigenvalue weighted by Gasteiger charge is -2.34. The van der Waals surface area contributed by atoms with Gasteiger partial charge in [0.05, 0.1) is 24.6 Å². The molecule has 1 aliphatic rings. The third kappa shape index (κ3) is 3.93. The van der Waals surface area contributed by atoms with Crippen LogP contribution in [0.2, 0.25) is 0 Å². The second-order valence-electron chi connectivity index (χ2n) is 8.12. The Morgan fingerprint density at radius 2 is 2.03 bits per heavy atom. The van der Waals surface area contributed by atoms with Crippen molar-refractivity contribution in [2.75, 3.05) is 23.4 Å². The Morgan fingerprint density at radius 3 is 2.73 bits per heavy atom. The topological polar surface area (TPSA) is 89.4 Å². The molecule has 1 aromatic carbocycles. The lowest BCUT2D eigenvalue weighted by molar-refractivity contribution is -0.126. The normalized spacial score (nSPS) is 13.5. The molecule has 0 radical (unpaired) electrons. The Balaban J connectivity index is 1.55. The number of aryl methyl sites for hydroxylation is 1. The molecular weight excluding hydrogens is 402 g/mol. The lowest BCUT2D eigenvalue weighted by atomic mass is 9.94. The lowest BCUT2D eigenvalue weighted by Crippen LogP contribution is -2.44. The van der Waals surface area contributed by atoms with Gasteiger partial charge in [-0.05, 0) is 18.2 Å². The number of benzene rings is 1. The number of nitrogens with zero attached hydrogens (tertiary/aromatic N) is 4. The molecule has 0 aliphatic carbocycles. The highest BCUT2D eigenvalue weighted by atomic mass is 32.1. The molecule has 2 aromatic heterocycles.